The number of hydrogen-bond donors (Lipinski definition) is 1. The van der Waals surface area contributed by atoms with Gasteiger partial charge in [-0.1, -0.05) is 42.4 Å². The van der Waals surface area contributed by atoms with Gasteiger partial charge in [-0.2, -0.15) is 0 Å². The highest BCUT2D eigenvalue weighted by Gasteiger charge is 2.32. The smallest absolute Gasteiger partial charge is 0.294 e. The van der Waals surface area contributed by atoms with Crippen LogP contribution in [0.3, 0.4) is 0 Å². The molecule has 206 valence electrons. The second-order valence-corrected chi connectivity index (χ2v) is 11.5. The van der Waals surface area contributed by atoms with E-state index in [1.807, 2.05) is 30.3 Å². The first-order chi connectivity index (χ1) is 19.2. The molecule has 3 aromatic carbocycles. The summed E-state index contributed by atoms with van der Waals surface area (Å²) in [4.78, 5) is 36.9. The van der Waals surface area contributed by atoms with Gasteiger partial charge in [-0.05, 0) is 67.2 Å². The molecule has 0 spiro atoms. The fourth-order valence-electron chi connectivity index (χ4n) is 5.97. The fraction of sp³-hybridized carbons (Fsp3) is 0.323. The predicted molar refractivity (Wildman–Crippen MR) is 160 cm³/mol. The number of phenols is 1. The van der Waals surface area contributed by atoms with Crippen LogP contribution in [0.25, 0.3) is 32.9 Å². The molecule has 6 rings (SSSR count). The van der Waals surface area contributed by atoms with Crippen molar-refractivity contribution in [1.29, 1.82) is 0 Å². The molecular formula is C31H32ClN5O3. The van der Waals surface area contributed by atoms with Gasteiger partial charge < -0.3 is 24.4 Å². The molecule has 4 aromatic rings. The molecule has 3 heterocycles. The molecule has 0 saturated carbocycles. The topological polar surface area (TPSA) is 81.9 Å². The van der Waals surface area contributed by atoms with Gasteiger partial charge in [0.25, 0.3) is 5.56 Å². The van der Waals surface area contributed by atoms with Crippen molar-refractivity contribution in [3.63, 3.8) is 0 Å². The molecule has 1 N–H and O–H groups in total. The first-order valence-electron chi connectivity index (χ1n) is 13.5. The molecule has 9 heteroatoms. The lowest BCUT2D eigenvalue weighted by Gasteiger charge is -2.39. The number of likely N-dealkylation sites (tertiary alicyclic amines) is 1. The lowest BCUT2D eigenvalue weighted by atomic mass is 9.97. The van der Waals surface area contributed by atoms with Gasteiger partial charge in [0.15, 0.2) is 5.82 Å². The number of halogens is 1. The number of hydrogen-bond acceptors (Lipinski definition) is 6. The average molecular weight is 558 g/mol. The third-order valence-corrected chi connectivity index (χ3v) is 8.54. The summed E-state index contributed by atoms with van der Waals surface area (Å²) in [6.45, 7) is 6.66. The Kier molecular flexibility index (Phi) is 6.76. The highest BCUT2D eigenvalue weighted by Crippen LogP contribution is 2.38. The largest absolute Gasteiger partial charge is 0.508 e. The number of fused-ring (bicyclic) bond motifs is 2. The quantitative estimate of drug-likeness (QED) is 0.355. The van der Waals surface area contributed by atoms with Crippen molar-refractivity contribution in [2.24, 2.45) is 5.92 Å². The fourth-order valence-corrected chi connectivity index (χ4v) is 6.23. The number of phenolic OH excluding ortho intramolecular Hbond substituents is 1. The van der Waals surface area contributed by atoms with Gasteiger partial charge in [0, 0.05) is 50.2 Å². The van der Waals surface area contributed by atoms with E-state index in [-0.39, 0.29) is 23.1 Å². The molecule has 2 saturated heterocycles. The third-order valence-electron chi connectivity index (χ3n) is 8.23. The molecule has 2 aliphatic heterocycles. The summed E-state index contributed by atoms with van der Waals surface area (Å²) in [6, 6.07) is 15.4. The number of benzene rings is 3. The minimum atomic E-state index is -0.146. The van der Waals surface area contributed by atoms with E-state index >= 15 is 0 Å². The standard InChI is InChI=1S/C31H32ClN5O3/c1-4-29(39)36-15-19(16-36)17-37-28-14-26(32)25(24-12-22(38)11-20-7-5-6-8-23(20)24)13-27(28)33-30(31(37)40)35-10-9-21(18-35)34(2)3/h4-8,11-14,19,21,38H,1,9-10,15-18H2,2-3H3/t21-/m1/s1. The van der Waals surface area contributed by atoms with Crippen LogP contribution in [-0.4, -0.2) is 76.7 Å². The molecule has 40 heavy (non-hydrogen) atoms. The maximum absolute atomic E-state index is 14.0. The summed E-state index contributed by atoms with van der Waals surface area (Å²) in [5.41, 5.74) is 2.71. The van der Waals surface area contributed by atoms with Crippen LogP contribution in [0, 0.1) is 5.92 Å². The van der Waals surface area contributed by atoms with Crippen molar-refractivity contribution in [1.82, 2.24) is 19.4 Å². The van der Waals surface area contributed by atoms with E-state index in [1.165, 1.54) is 6.08 Å². The van der Waals surface area contributed by atoms with Crippen LogP contribution in [0.4, 0.5) is 5.82 Å². The molecule has 1 amide bonds. The second-order valence-electron chi connectivity index (χ2n) is 11.1. The number of carbonyl (C=O) groups is 1. The van der Waals surface area contributed by atoms with Gasteiger partial charge in [-0.25, -0.2) is 4.98 Å². The van der Waals surface area contributed by atoms with Gasteiger partial charge in [-0.15, -0.1) is 0 Å². The van der Waals surface area contributed by atoms with Crippen LogP contribution in [0.2, 0.25) is 5.02 Å². The average Bonchev–Trinajstić information content (AvgIpc) is 3.41. The Balaban J connectivity index is 1.49. The summed E-state index contributed by atoms with van der Waals surface area (Å²) in [5.74, 6) is 0.631. The first-order valence-corrected chi connectivity index (χ1v) is 13.9. The van der Waals surface area contributed by atoms with Gasteiger partial charge in [0.05, 0.1) is 16.1 Å². The van der Waals surface area contributed by atoms with Gasteiger partial charge >= 0.3 is 0 Å². The number of amides is 1. The Morgan fingerprint density at radius 2 is 1.93 bits per heavy atom. The molecular weight excluding hydrogens is 526 g/mol. The molecule has 2 fully saturated rings. The van der Waals surface area contributed by atoms with Crippen LogP contribution in [0.5, 0.6) is 5.75 Å². The van der Waals surface area contributed by atoms with E-state index in [4.69, 9.17) is 16.6 Å². The van der Waals surface area contributed by atoms with Gasteiger partial charge in [0.2, 0.25) is 5.91 Å². The molecule has 2 aliphatic rings. The number of rotatable bonds is 6. The van der Waals surface area contributed by atoms with E-state index in [0.29, 0.717) is 47.6 Å². The van der Waals surface area contributed by atoms with Crippen LogP contribution in [-0.2, 0) is 11.3 Å². The third kappa shape index (κ3) is 4.61. The molecule has 0 bridgehead atoms. The minimum absolute atomic E-state index is 0.0957. The van der Waals surface area contributed by atoms with Crippen molar-refractivity contribution < 1.29 is 9.90 Å². The molecule has 0 radical (unpaired) electrons. The Morgan fingerprint density at radius 1 is 1.15 bits per heavy atom. The van der Waals surface area contributed by atoms with Crippen LogP contribution in [0.1, 0.15) is 6.42 Å². The lowest BCUT2D eigenvalue weighted by molar-refractivity contribution is -0.132. The van der Waals surface area contributed by atoms with Crippen molar-refractivity contribution in [3.8, 4) is 16.9 Å². The molecule has 8 nitrogen and oxygen atoms in total. The van der Waals surface area contributed by atoms with Gasteiger partial charge in [0.1, 0.15) is 5.75 Å². The van der Waals surface area contributed by atoms with Crippen LogP contribution >= 0.6 is 11.6 Å². The highest BCUT2D eigenvalue weighted by atomic mass is 35.5. The summed E-state index contributed by atoms with van der Waals surface area (Å²) in [5, 5.41) is 12.8. The highest BCUT2D eigenvalue weighted by molar-refractivity contribution is 6.34. The molecule has 0 aliphatic carbocycles. The van der Waals surface area contributed by atoms with E-state index < -0.39 is 0 Å². The predicted octanol–water partition coefficient (Wildman–Crippen LogP) is 4.36. The van der Waals surface area contributed by atoms with E-state index in [1.54, 1.807) is 27.7 Å². The first kappa shape index (κ1) is 26.3. The van der Waals surface area contributed by atoms with E-state index in [9.17, 15) is 14.7 Å². The summed E-state index contributed by atoms with van der Waals surface area (Å²) >= 11 is 6.90. The zero-order chi connectivity index (χ0) is 28.1. The molecule has 0 unspecified atom stereocenters. The zero-order valence-corrected chi connectivity index (χ0v) is 23.4. The Morgan fingerprint density at radius 3 is 2.65 bits per heavy atom. The van der Waals surface area contributed by atoms with Crippen LogP contribution in [0.15, 0.2) is 66.0 Å². The van der Waals surface area contributed by atoms with E-state index in [0.717, 1.165) is 41.4 Å². The normalized spacial score (nSPS) is 17.6. The number of aromatic hydroxyl groups is 1. The summed E-state index contributed by atoms with van der Waals surface area (Å²) in [6.07, 6.45) is 2.28. The number of carbonyl (C=O) groups excluding carboxylic acids is 1. The lowest BCUT2D eigenvalue weighted by Crippen LogP contribution is -2.51. The van der Waals surface area contributed by atoms with Gasteiger partial charge in [-0.3, -0.25) is 9.59 Å². The number of likely N-dealkylation sites (N-methyl/N-ethyl adjacent to an activating group) is 1. The minimum Gasteiger partial charge on any atom is -0.508 e. The van der Waals surface area contributed by atoms with E-state index in [2.05, 4.69) is 30.5 Å². The summed E-state index contributed by atoms with van der Waals surface area (Å²) in [7, 11) is 4.11. The number of anilines is 1. The Bertz CT molecular complexity index is 1710. The van der Waals surface area contributed by atoms with Crippen molar-refractivity contribution >= 4 is 45.1 Å². The van der Waals surface area contributed by atoms with Crippen LogP contribution < -0.4 is 10.5 Å². The zero-order valence-electron chi connectivity index (χ0n) is 22.7. The SMILES string of the molecule is C=CC(=O)N1CC(Cn2c(=O)c(N3CC[C@@H](N(C)C)C3)nc3cc(-c4cc(O)cc5ccccc45)c(Cl)cc32)C1. The summed E-state index contributed by atoms with van der Waals surface area (Å²) < 4.78 is 1.78. The number of aromatic nitrogens is 2. The monoisotopic (exact) mass is 557 g/mol. The Hall–Kier alpha value is -3.88. The molecule has 1 atom stereocenters. The van der Waals surface area contributed by atoms with Crippen molar-refractivity contribution in [2.75, 3.05) is 45.2 Å². The maximum atomic E-state index is 14.0. The molecule has 1 aromatic heterocycles. The Labute approximate surface area is 237 Å². The second kappa shape index (κ2) is 10.3. The van der Waals surface area contributed by atoms with Crippen molar-refractivity contribution in [3.05, 3.63) is 76.6 Å². The maximum Gasteiger partial charge on any atom is 0.294 e. The van der Waals surface area contributed by atoms with Crippen molar-refractivity contribution in [2.45, 2.75) is 19.0 Å². The number of nitrogens with zero attached hydrogens (tertiary/aromatic N) is 5.